The number of aliphatic carboxylic acids is 1. The van der Waals surface area contributed by atoms with Gasteiger partial charge in [0.2, 0.25) is 0 Å². The van der Waals surface area contributed by atoms with Crippen molar-refractivity contribution in [2.24, 2.45) is 0 Å². The molecular formula is C8H17NO3Si. The fourth-order valence-corrected chi connectivity index (χ4v) is 3.11. The number of rotatable bonds is 3. The van der Waals surface area contributed by atoms with Gasteiger partial charge in [-0.1, -0.05) is 19.6 Å². The molecule has 0 unspecified atom stereocenters. The minimum absolute atomic E-state index is 0.0905. The van der Waals surface area contributed by atoms with Crippen molar-refractivity contribution in [1.29, 1.82) is 0 Å². The molecule has 1 fully saturated rings. The van der Waals surface area contributed by atoms with E-state index in [0.29, 0.717) is 6.42 Å². The first-order chi connectivity index (χ1) is 5.88. The van der Waals surface area contributed by atoms with Gasteiger partial charge in [0.25, 0.3) is 0 Å². The second kappa shape index (κ2) is 3.77. The molecule has 0 radical (unpaired) electrons. The van der Waals surface area contributed by atoms with Crippen molar-refractivity contribution in [2.75, 3.05) is 0 Å². The minimum atomic E-state index is -1.14. The van der Waals surface area contributed by atoms with Crippen LogP contribution in [0.1, 0.15) is 6.42 Å². The summed E-state index contributed by atoms with van der Waals surface area (Å²) in [5.41, 5.74) is 2.55. The number of hydrogen-bond acceptors (Lipinski definition) is 3. The van der Waals surface area contributed by atoms with Crippen LogP contribution < -0.4 is 5.48 Å². The summed E-state index contributed by atoms with van der Waals surface area (Å²) in [7, 11) is -1.14. The van der Waals surface area contributed by atoms with Crippen LogP contribution in [0.4, 0.5) is 0 Å². The molecule has 1 aliphatic rings. The Morgan fingerprint density at radius 1 is 1.62 bits per heavy atom. The lowest BCUT2D eigenvalue weighted by Crippen LogP contribution is -2.29. The van der Waals surface area contributed by atoms with E-state index in [1.54, 1.807) is 0 Å². The highest BCUT2D eigenvalue weighted by Gasteiger charge is 2.33. The summed E-state index contributed by atoms with van der Waals surface area (Å²) < 4.78 is 0. The summed E-state index contributed by atoms with van der Waals surface area (Å²) in [6.45, 7) is 6.76. The number of hydrogen-bond donors (Lipinski definition) is 2. The predicted molar refractivity (Wildman–Crippen MR) is 52.2 cm³/mol. The van der Waals surface area contributed by atoms with E-state index in [1.807, 2.05) is 0 Å². The summed E-state index contributed by atoms with van der Waals surface area (Å²) in [6, 6.07) is 0.505. The second-order valence-electron chi connectivity index (χ2n) is 4.75. The normalized spacial score (nSPS) is 29.2. The zero-order valence-electron chi connectivity index (χ0n) is 8.33. The maximum Gasteiger partial charge on any atom is 0.323 e. The number of carbonyl (C=O) groups is 1. The van der Waals surface area contributed by atoms with Crippen molar-refractivity contribution in [3.05, 3.63) is 0 Å². The number of hydroxylamine groups is 1. The largest absolute Gasteiger partial charge is 0.480 e. The van der Waals surface area contributed by atoms with E-state index in [2.05, 4.69) is 25.1 Å². The molecule has 13 heavy (non-hydrogen) atoms. The molecule has 0 aromatic heterocycles. The van der Waals surface area contributed by atoms with E-state index in [4.69, 9.17) is 9.94 Å². The van der Waals surface area contributed by atoms with Crippen LogP contribution in [0, 0.1) is 0 Å². The van der Waals surface area contributed by atoms with Gasteiger partial charge in [-0.2, -0.15) is 5.48 Å². The second-order valence-corrected chi connectivity index (χ2v) is 10.3. The Kier molecular flexibility index (Phi) is 3.10. The lowest BCUT2D eigenvalue weighted by Gasteiger charge is -2.18. The first-order valence-corrected chi connectivity index (χ1v) is 8.23. The third kappa shape index (κ3) is 3.46. The van der Waals surface area contributed by atoms with Gasteiger partial charge < -0.3 is 5.11 Å². The molecule has 0 spiro atoms. The zero-order chi connectivity index (χ0) is 10.1. The van der Waals surface area contributed by atoms with Gasteiger partial charge in [0.15, 0.2) is 0 Å². The van der Waals surface area contributed by atoms with Crippen LogP contribution in [0.15, 0.2) is 0 Å². The molecule has 0 amide bonds. The summed E-state index contributed by atoms with van der Waals surface area (Å²) >= 11 is 0. The van der Waals surface area contributed by atoms with Crippen molar-refractivity contribution >= 4 is 14.0 Å². The van der Waals surface area contributed by atoms with Crippen LogP contribution in [-0.2, 0) is 9.63 Å². The Morgan fingerprint density at radius 3 is 2.62 bits per heavy atom. The van der Waals surface area contributed by atoms with Gasteiger partial charge in [0, 0.05) is 14.5 Å². The van der Waals surface area contributed by atoms with Crippen molar-refractivity contribution in [2.45, 2.75) is 44.3 Å². The highest BCUT2D eigenvalue weighted by molar-refractivity contribution is 6.76. The molecule has 1 heterocycles. The summed E-state index contributed by atoms with van der Waals surface area (Å²) in [5.74, 6) is -0.821. The third-order valence-electron chi connectivity index (χ3n) is 2.01. The Hall–Kier alpha value is -0.393. The monoisotopic (exact) mass is 203 g/mol. The van der Waals surface area contributed by atoms with Gasteiger partial charge in [0.1, 0.15) is 6.04 Å². The molecule has 0 aromatic carbocycles. The maximum absolute atomic E-state index is 10.6. The first-order valence-electron chi connectivity index (χ1n) is 4.52. The van der Waals surface area contributed by atoms with E-state index < -0.39 is 20.1 Å². The minimum Gasteiger partial charge on any atom is -0.480 e. The van der Waals surface area contributed by atoms with E-state index in [0.717, 1.165) is 6.04 Å². The van der Waals surface area contributed by atoms with Gasteiger partial charge in [-0.05, 0) is 6.04 Å². The van der Waals surface area contributed by atoms with Gasteiger partial charge in [-0.25, -0.2) is 0 Å². The molecule has 0 saturated carbocycles. The lowest BCUT2D eigenvalue weighted by atomic mass is 10.2. The van der Waals surface area contributed by atoms with E-state index >= 15 is 0 Å². The summed E-state index contributed by atoms with van der Waals surface area (Å²) in [4.78, 5) is 15.8. The average molecular weight is 203 g/mol. The molecule has 1 rings (SSSR count). The molecule has 5 heteroatoms. The van der Waals surface area contributed by atoms with Crippen LogP contribution >= 0.6 is 0 Å². The first kappa shape index (κ1) is 10.7. The topological polar surface area (TPSA) is 58.6 Å². The Balaban J connectivity index is 2.38. The van der Waals surface area contributed by atoms with Gasteiger partial charge in [0.05, 0.1) is 6.10 Å². The van der Waals surface area contributed by atoms with Gasteiger partial charge in [-0.3, -0.25) is 9.63 Å². The van der Waals surface area contributed by atoms with Gasteiger partial charge >= 0.3 is 5.97 Å². The molecular weight excluding hydrogens is 186 g/mol. The van der Waals surface area contributed by atoms with E-state index in [1.165, 1.54) is 0 Å². The summed E-state index contributed by atoms with van der Waals surface area (Å²) in [5, 5.41) is 8.70. The number of carboxylic acid groups (broad SMARTS) is 1. The molecule has 0 bridgehead atoms. The zero-order valence-corrected chi connectivity index (χ0v) is 9.33. The quantitative estimate of drug-likeness (QED) is 0.674. The number of carboxylic acids is 1. The molecule has 0 aliphatic carbocycles. The third-order valence-corrected chi connectivity index (χ3v) is 3.69. The van der Waals surface area contributed by atoms with E-state index in [9.17, 15) is 4.79 Å². The predicted octanol–water partition coefficient (Wildman–Crippen LogP) is 1.07. The molecule has 2 atom stereocenters. The number of nitrogens with one attached hydrogen (secondary N) is 1. The highest BCUT2D eigenvalue weighted by Crippen LogP contribution is 2.21. The lowest BCUT2D eigenvalue weighted by molar-refractivity contribution is -0.140. The van der Waals surface area contributed by atoms with Crippen LogP contribution in [0.5, 0.6) is 0 Å². The Morgan fingerprint density at radius 2 is 2.23 bits per heavy atom. The molecule has 4 nitrogen and oxygen atoms in total. The average Bonchev–Trinajstić information content (AvgIpc) is 2.31. The van der Waals surface area contributed by atoms with E-state index in [-0.39, 0.29) is 6.10 Å². The fourth-order valence-electron chi connectivity index (χ4n) is 1.50. The summed E-state index contributed by atoms with van der Waals surface area (Å²) in [6.07, 6.45) is 0.687. The van der Waals surface area contributed by atoms with Crippen LogP contribution in [0.2, 0.25) is 25.7 Å². The van der Waals surface area contributed by atoms with Crippen molar-refractivity contribution in [3.8, 4) is 0 Å². The SMILES string of the molecule is C[Si](C)(C)C[C@H]1C[C@H](C(=O)O)NO1. The van der Waals surface area contributed by atoms with Crippen LogP contribution in [0.25, 0.3) is 0 Å². The highest BCUT2D eigenvalue weighted by atomic mass is 28.3. The van der Waals surface area contributed by atoms with Gasteiger partial charge in [-0.15, -0.1) is 0 Å². The standard InChI is InChI=1S/C8H17NO3Si/c1-13(2,3)5-6-4-7(8(10)11)9-12-6/h6-7,9H,4-5H2,1-3H3,(H,10,11)/t6-,7-/m1/s1. The smallest absolute Gasteiger partial charge is 0.323 e. The maximum atomic E-state index is 10.6. The van der Waals surface area contributed by atoms with Crippen molar-refractivity contribution in [3.63, 3.8) is 0 Å². The fraction of sp³-hybridized carbons (Fsp3) is 0.875. The molecule has 1 aliphatic heterocycles. The molecule has 76 valence electrons. The van der Waals surface area contributed by atoms with Crippen molar-refractivity contribution < 1.29 is 14.7 Å². The van der Waals surface area contributed by atoms with Crippen LogP contribution in [0.3, 0.4) is 0 Å². The van der Waals surface area contributed by atoms with Crippen molar-refractivity contribution in [1.82, 2.24) is 5.48 Å². The molecule has 0 aromatic rings. The molecule has 2 N–H and O–H groups in total. The van der Waals surface area contributed by atoms with Crippen LogP contribution in [-0.4, -0.2) is 31.3 Å². The molecule has 1 saturated heterocycles. The Bertz CT molecular complexity index is 202. The Labute approximate surface area is 79.2 Å².